The molecule has 0 aliphatic rings. The zero-order valence-corrected chi connectivity index (χ0v) is 8.67. The highest BCUT2D eigenvalue weighted by atomic mass is 16.6. The minimum Gasteiger partial charge on any atom is -0.472 e. The van der Waals surface area contributed by atoms with E-state index in [1.165, 1.54) is 12.5 Å². The second kappa shape index (κ2) is 4.25. The van der Waals surface area contributed by atoms with E-state index in [0.29, 0.717) is 5.56 Å². The van der Waals surface area contributed by atoms with Crippen LogP contribution in [0, 0.1) is 15.5 Å². The molecule has 82 valence electrons. The summed E-state index contributed by atoms with van der Waals surface area (Å²) in [4.78, 5) is 21.0. The van der Waals surface area contributed by atoms with Crippen LogP contribution in [0.2, 0.25) is 0 Å². The molecule has 0 N–H and O–H groups in total. The maximum Gasteiger partial charge on any atom is 0.211 e. The first-order valence-corrected chi connectivity index (χ1v) is 4.57. The van der Waals surface area contributed by atoms with Crippen LogP contribution in [0.15, 0.2) is 23.0 Å². The van der Waals surface area contributed by atoms with Crippen LogP contribution in [0.25, 0.3) is 0 Å². The van der Waals surface area contributed by atoms with E-state index in [0.717, 1.165) is 6.29 Å². The summed E-state index contributed by atoms with van der Waals surface area (Å²) in [7, 11) is 0. The van der Waals surface area contributed by atoms with E-state index in [1.54, 1.807) is 19.9 Å². The van der Waals surface area contributed by atoms with Gasteiger partial charge in [-0.15, -0.1) is 0 Å². The number of hydrogen-bond donors (Lipinski definition) is 0. The normalized spacial score (nSPS) is 13.5. The summed E-state index contributed by atoms with van der Waals surface area (Å²) >= 11 is 0. The Hall–Kier alpha value is -1.65. The van der Waals surface area contributed by atoms with Crippen molar-refractivity contribution in [2.24, 2.45) is 5.41 Å². The molecule has 1 atom stereocenters. The standard InChI is InChI=1S/C10H13NO4/c1-10(2,7-12)9(5-11(13)14)8-3-4-15-6-8/h3-4,6-7,9H,5H2,1-2H3. The monoisotopic (exact) mass is 211 g/mol. The summed E-state index contributed by atoms with van der Waals surface area (Å²) in [5.74, 6) is -0.455. The van der Waals surface area contributed by atoms with E-state index in [2.05, 4.69) is 0 Å². The van der Waals surface area contributed by atoms with Gasteiger partial charge in [0.2, 0.25) is 6.54 Å². The highest BCUT2D eigenvalue weighted by Crippen LogP contribution is 2.34. The van der Waals surface area contributed by atoms with E-state index in [4.69, 9.17) is 4.42 Å². The minimum atomic E-state index is -0.767. The summed E-state index contributed by atoms with van der Waals surface area (Å²) in [5.41, 5.74) is -0.0828. The highest BCUT2D eigenvalue weighted by Gasteiger charge is 2.35. The van der Waals surface area contributed by atoms with Gasteiger partial charge in [-0.1, -0.05) is 13.8 Å². The summed E-state index contributed by atoms with van der Waals surface area (Å²) in [6.07, 6.45) is 3.64. The van der Waals surface area contributed by atoms with E-state index >= 15 is 0 Å². The van der Waals surface area contributed by atoms with Crippen LogP contribution in [0.4, 0.5) is 0 Å². The summed E-state index contributed by atoms with van der Waals surface area (Å²) in [6, 6.07) is 1.65. The van der Waals surface area contributed by atoms with Crippen LogP contribution in [0.5, 0.6) is 0 Å². The first kappa shape index (κ1) is 11.4. The van der Waals surface area contributed by atoms with Gasteiger partial charge in [0.15, 0.2) is 0 Å². The third-order valence-corrected chi connectivity index (χ3v) is 2.48. The quantitative estimate of drug-likeness (QED) is 0.423. The molecule has 0 saturated carbocycles. The molecule has 0 aromatic carbocycles. The predicted octanol–water partition coefficient (Wildman–Crippen LogP) is 1.86. The molecule has 1 aromatic rings. The fourth-order valence-corrected chi connectivity index (χ4v) is 1.47. The lowest BCUT2D eigenvalue weighted by atomic mass is 9.77. The fourth-order valence-electron chi connectivity index (χ4n) is 1.47. The molecular formula is C10H13NO4. The largest absolute Gasteiger partial charge is 0.472 e. The zero-order chi connectivity index (χ0) is 11.5. The number of furan rings is 1. The Morgan fingerprint density at radius 1 is 1.67 bits per heavy atom. The van der Waals surface area contributed by atoms with Crippen LogP contribution in [0.3, 0.4) is 0 Å². The summed E-state index contributed by atoms with van der Waals surface area (Å²) in [5, 5.41) is 10.5. The zero-order valence-electron chi connectivity index (χ0n) is 8.67. The maximum absolute atomic E-state index is 10.9. The van der Waals surface area contributed by atoms with Gasteiger partial charge >= 0.3 is 0 Å². The molecular weight excluding hydrogens is 198 g/mol. The Bertz CT molecular complexity index is 342. The molecule has 0 aliphatic carbocycles. The lowest BCUT2D eigenvalue weighted by Crippen LogP contribution is -2.29. The molecule has 5 heteroatoms. The molecule has 0 saturated heterocycles. The molecule has 0 bridgehead atoms. The van der Waals surface area contributed by atoms with Crippen LogP contribution in [0.1, 0.15) is 25.3 Å². The first-order valence-electron chi connectivity index (χ1n) is 4.57. The molecule has 15 heavy (non-hydrogen) atoms. The third kappa shape index (κ3) is 2.65. The molecule has 0 aliphatic heterocycles. The van der Waals surface area contributed by atoms with Gasteiger partial charge in [-0.3, -0.25) is 10.1 Å². The van der Waals surface area contributed by atoms with E-state index in [1.807, 2.05) is 0 Å². The van der Waals surface area contributed by atoms with Crippen LogP contribution in [-0.4, -0.2) is 17.8 Å². The number of nitrogens with zero attached hydrogens (tertiary/aromatic N) is 1. The van der Waals surface area contributed by atoms with Crippen molar-refractivity contribution in [3.05, 3.63) is 34.3 Å². The van der Waals surface area contributed by atoms with Gasteiger partial charge in [-0.05, 0) is 6.07 Å². The Labute approximate surface area is 87.2 Å². The van der Waals surface area contributed by atoms with Crippen molar-refractivity contribution in [1.29, 1.82) is 0 Å². The number of aldehydes is 1. The van der Waals surface area contributed by atoms with Gasteiger partial charge in [0, 0.05) is 15.9 Å². The Balaban J connectivity index is 2.98. The molecule has 0 fully saturated rings. The van der Waals surface area contributed by atoms with Gasteiger partial charge in [-0.2, -0.15) is 0 Å². The topological polar surface area (TPSA) is 73.3 Å². The van der Waals surface area contributed by atoms with Gasteiger partial charge in [0.25, 0.3) is 0 Å². The number of hydrogen-bond acceptors (Lipinski definition) is 4. The number of carbonyl (C=O) groups is 1. The summed E-state index contributed by atoms with van der Waals surface area (Å²) < 4.78 is 4.88. The van der Waals surface area contributed by atoms with E-state index in [-0.39, 0.29) is 6.54 Å². The van der Waals surface area contributed by atoms with Crippen molar-refractivity contribution in [2.75, 3.05) is 6.54 Å². The fraction of sp³-hybridized carbons (Fsp3) is 0.500. The van der Waals surface area contributed by atoms with E-state index in [9.17, 15) is 14.9 Å². The lowest BCUT2D eigenvalue weighted by molar-refractivity contribution is -0.485. The van der Waals surface area contributed by atoms with Gasteiger partial charge in [0.1, 0.15) is 6.29 Å². The van der Waals surface area contributed by atoms with Gasteiger partial charge in [-0.25, -0.2) is 0 Å². The second-order valence-corrected chi connectivity index (χ2v) is 4.06. The molecule has 5 nitrogen and oxygen atoms in total. The Kier molecular flexibility index (Phi) is 3.24. The third-order valence-electron chi connectivity index (χ3n) is 2.48. The average molecular weight is 211 g/mol. The van der Waals surface area contributed by atoms with Crippen molar-refractivity contribution in [3.63, 3.8) is 0 Å². The first-order chi connectivity index (χ1) is 6.97. The molecule has 0 spiro atoms. The predicted molar refractivity (Wildman–Crippen MR) is 53.2 cm³/mol. The Morgan fingerprint density at radius 2 is 2.33 bits per heavy atom. The molecule has 1 rings (SSSR count). The van der Waals surface area contributed by atoms with Crippen molar-refractivity contribution < 1.29 is 14.1 Å². The van der Waals surface area contributed by atoms with E-state index < -0.39 is 16.3 Å². The molecule has 1 aromatic heterocycles. The lowest BCUT2D eigenvalue weighted by Gasteiger charge is -2.24. The molecule has 0 radical (unpaired) electrons. The molecule has 1 unspecified atom stereocenters. The smallest absolute Gasteiger partial charge is 0.211 e. The van der Waals surface area contributed by atoms with Crippen LogP contribution < -0.4 is 0 Å². The van der Waals surface area contributed by atoms with Crippen LogP contribution in [-0.2, 0) is 4.79 Å². The van der Waals surface area contributed by atoms with Crippen molar-refractivity contribution in [2.45, 2.75) is 19.8 Å². The summed E-state index contributed by atoms with van der Waals surface area (Å²) in [6.45, 7) is 3.09. The highest BCUT2D eigenvalue weighted by molar-refractivity contribution is 5.60. The van der Waals surface area contributed by atoms with Crippen LogP contribution >= 0.6 is 0 Å². The minimum absolute atomic E-state index is 0.273. The number of carbonyl (C=O) groups excluding carboxylic acids is 1. The van der Waals surface area contributed by atoms with Crippen molar-refractivity contribution in [1.82, 2.24) is 0 Å². The maximum atomic E-state index is 10.9. The Morgan fingerprint density at radius 3 is 2.73 bits per heavy atom. The SMILES string of the molecule is CC(C)(C=O)C(C[N+](=O)[O-])c1ccoc1. The number of nitro groups is 1. The average Bonchev–Trinajstić information content (AvgIpc) is 2.66. The van der Waals surface area contributed by atoms with Crippen molar-refractivity contribution >= 4 is 6.29 Å². The number of rotatable bonds is 5. The van der Waals surface area contributed by atoms with Crippen molar-refractivity contribution in [3.8, 4) is 0 Å². The second-order valence-electron chi connectivity index (χ2n) is 4.06. The molecule has 1 heterocycles. The van der Waals surface area contributed by atoms with Gasteiger partial charge < -0.3 is 9.21 Å². The molecule has 0 amide bonds. The van der Waals surface area contributed by atoms with Gasteiger partial charge in [0.05, 0.1) is 18.4 Å².